The standard InChI is InChI=1S/C16H25N/c1-3-6-14-8-10-15(11-9-14)16(17)12-5-4-7-13(16)2/h8-11,13H,3-7,12,17H2,1-2H3. The lowest BCUT2D eigenvalue weighted by molar-refractivity contribution is 0.207. The average molecular weight is 231 g/mol. The van der Waals surface area contributed by atoms with Crippen molar-refractivity contribution in [2.24, 2.45) is 11.7 Å². The highest BCUT2D eigenvalue weighted by Gasteiger charge is 2.35. The number of rotatable bonds is 3. The molecule has 0 saturated heterocycles. The van der Waals surface area contributed by atoms with Crippen molar-refractivity contribution in [2.45, 2.75) is 57.9 Å². The largest absolute Gasteiger partial charge is 0.321 e. The van der Waals surface area contributed by atoms with Gasteiger partial charge in [-0.2, -0.15) is 0 Å². The van der Waals surface area contributed by atoms with E-state index in [1.54, 1.807) is 0 Å². The third kappa shape index (κ3) is 2.55. The lowest BCUT2D eigenvalue weighted by Crippen LogP contribution is -2.45. The molecule has 1 aliphatic rings. The fourth-order valence-corrected chi connectivity index (χ4v) is 3.07. The molecule has 94 valence electrons. The van der Waals surface area contributed by atoms with Gasteiger partial charge in [0.05, 0.1) is 0 Å². The van der Waals surface area contributed by atoms with Gasteiger partial charge in [-0.15, -0.1) is 0 Å². The van der Waals surface area contributed by atoms with Gasteiger partial charge in [0.1, 0.15) is 0 Å². The maximum absolute atomic E-state index is 6.65. The average Bonchev–Trinajstić information content (AvgIpc) is 2.34. The summed E-state index contributed by atoms with van der Waals surface area (Å²) in [6.07, 6.45) is 7.41. The van der Waals surface area contributed by atoms with Gasteiger partial charge in [0.15, 0.2) is 0 Å². The van der Waals surface area contributed by atoms with Crippen LogP contribution in [0.4, 0.5) is 0 Å². The number of benzene rings is 1. The van der Waals surface area contributed by atoms with Gasteiger partial charge in [-0.05, 0) is 36.3 Å². The van der Waals surface area contributed by atoms with E-state index in [1.165, 1.54) is 43.2 Å². The van der Waals surface area contributed by atoms with Gasteiger partial charge >= 0.3 is 0 Å². The molecule has 1 nitrogen and oxygen atoms in total. The minimum Gasteiger partial charge on any atom is -0.321 e. The molecule has 2 unspecified atom stereocenters. The second kappa shape index (κ2) is 5.22. The van der Waals surface area contributed by atoms with Crippen LogP contribution in [-0.4, -0.2) is 0 Å². The Morgan fingerprint density at radius 1 is 1.24 bits per heavy atom. The van der Waals surface area contributed by atoms with Gasteiger partial charge in [-0.3, -0.25) is 0 Å². The van der Waals surface area contributed by atoms with Crippen molar-refractivity contribution in [1.82, 2.24) is 0 Å². The van der Waals surface area contributed by atoms with Gasteiger partial charge < -0.3 is 5.73 Å². The molecule has 2 atom stereocenters. The fourth-order valence-electron chi connectivity index (χ4n) is 3.07. The van der Waals surface area contributed by atoms with E-state index in [0.29, 0.717) is 5.92 Å². The van der Waals surface area contributed by atoms with Crippen molar-refractivity contribution < 1.29 is 0 Å². The van der Waals surface area contributed by atoms with E-state index in [2.05, 4.69) is 38.1 Å². The molecule has 0 aliphatic heterocycles. The van der Waals surface area contributed by atoms with Crippen LogP contribution < -0.4 is 5.73 Å². The Bertz CT molecular complexity index is 354. The highest BCUT2D eigenvalue weighted by atomic mass is 14.8. The van der Waals surface area contributed by atoms with E-state index in [1.807, 2.05) is 0 Å². The van der Waals surface area contributed by atoms with Crippen molar-refractivity contribution >= 4 is 0 Å². The van der Waals surface area contributed by atoms with Crippen LogP contribution in [0, 0.1) is 5.92 Å². The molecule has 1 aromatic rings. The van der Waals surface area contributed by atoms with Crippen LogP contribution in [0.25, 0.3) is 0 Å². The van der Waals surface area contributed by atoms with Crippen molar-refractivity contribution in [3.63, 3.8) is 0 Å². The molecule has 2 N–H and O–H groups in total. The van der Waals surface area contributed by atoms with E-state index in [4.69, 9.17) is 5.73 Å². The van der Waals surface area contributed by atoms with Gasteiger partial charge in [-0.1, -0.05) is 57.4 Å². The molecule has 17 heavy (non-hydrogen) atoms. The summed E-state index contributed by atoms with van der Waals surface area (Å²) in [5, 5.41) is 0. The zero-order chi connectivity index (χ0) is 12.3. The van der Waals surface area contributed by atoms with Gasteiger partial charge in [-0.25, -0.2) is 0 Å². The van der Waals surface area contributed by atoms with Gasteiger partial charge in [0.25, 0.3) is 0 Å². The number of hydrogen-bond acceptors (Lipinski definition) is 1. The molecule has 0 aromatic heterocycles. The van der Waals surface area contributed by atoms with E-state index in [0.717, 1.165) is 6.42 Å². The second-order valence-corrected chi connectivity index (χ2v) is 5.63. The quantitative estimate of drug-likeness (QED) is 0.836. The molecule has 0 amide bonds. The lowest BCUT2D eigenvalue weighted by Gasteiger charge is -2.40. The summed E-state index contributed by atoms with van der Waals surface area (Å²) in [7, 11) is 0. The molecule has 0 spiro atoms. The first kappa shape index (κ1) is 12.6. The van der Waals surface area contributed by atoms with Crippen LogP contribution >= 0.6 is 0 Å². The first-order valence-corrected chi connectivity index (χ1v) is 7.05. The van der Waals surface area contributed by atoms with Crippen molar-refractivity contribution in [1.29, 1.82) is 0 Å². The zero-order valence-corrected chi connectivity index (χ0v) is 11.2. The van der Waals surface area contributed by atoms with Crippen LogP contribution in [0.3, 0.4) is 0 Å². The highest BCUT2D eigenvalue weighted by molar-refractivity contribution is 5.29. The first-order valence-electron chi connectivity index (χ1n) is 7.05. The second-order valence-electron chi connectivity index (χ2n) is 5.63. The SMILES string of the molecule is CCCc1ccc(C2(N)CCCCC2C)cc1. The maximum atomic E-state index is 6.65. The molecule has 1 aromatic carbocycles. The molecular formula is C16H25N. The van der Waals surface area contributed by atoms with Crippen LogP contribution in [0.2, 0.25) is 0 Å². The van der Waals surface area contributed by atoms with Crippen LogP contribution in [0.5, 0.6) is 0 Å². The summed E-state index contributed by atoms with van der Waals surface area (Å²) in [6.45, 7) is 4.53. The summed E-state index contributed by atoms with van der Waals surface area (Å²) < 4.78 is 0. The summed E-state index contributed by atoms with van der Waals surface area (Å²) >= 11 is 0. The lowest BCUT2D eigenvalue weighted by atomic mass is 9.70. The first-order chi connectivity index (χ1) is 8.16. The van der Waals surface area contributed by atoms with Crippen molar-refractivity contribution in [2.75, 3.05) is 0 Å². The van der Waals surface area contributed by atoms with E-state index >= 15 is 0 Å². The topological polar surface area (TPSA) is 26.0 Å². The Morgan fingerprint density at radius 3 is 2.53 bits per heavy atom. The predicted octanol–water partition coefficient (Wildman–Crippen LogP) is 4.00. The Morgan fingerprint density at radius 2 is 1.94 bits per heavy atom. The molecular weight excluding hydrogens is 206 g/mol. The minimum atomic E-state index is -0.0804. The third-order valence-corrected chi connectivity index (χ3v) is 4.39. The molecule has 2 rings (SSSR count). The number of aryl methyl sites for hydroxylation is 1. The molecule has 0 radical (unpaired) electrons. The van der Waals surface area contributed by atoms with Gasteiger partial charge in [0.2, 0.25) is 0 Å². The molecule has 0 heterocycles. The minimum absolute atomic E-state index is 0.0804. The Kier molecular flexibility index (Phi) is 3.88. The smallest absolute Gasteiger partial charge is 0.0435 e. The van der Waals surface area contributed by atoms with Crippen LogP contribution in [0.1, 0.15) is 57.1 Å². The van der Waals surface area contributed by atoms with E-state index in [9.17, 15) is 0 Å². The van der Waals surface area contributed by atoms with Crippen molar-refractivity contribution in [3.05, 3.63) is 35.4 Å². The summed E-state index contributed by atoms with van der Waals surface area (Å²) in [5.74, 6) is 0.605. The number of nitrogens with two attached hydrogens (primary N) is 1. The van der Waals surface area contributed by atoms with E-state index < -0.39 is 0 Å². The Balaban J connectivity index is 2.20. The normalized spacial score (nSPS) is 29.2. The van der Waals surface area contributed by atoms with Crippen LogP contribution in [0.15, 0.2) is 24.3 Å². The maximum Gasteiger partial charge on any atom is 0.0435 e. The fraction of sp³-hybridized carbons (Fsp3) is 0.625. The summed E-state index contributed by atoms with van der Waals surface area (Å²) in [4.78, 5) is 0. The van der Waals surface area contributed by atoms with E-state index in [-0.39, 0.29) is 5.54 Å². The Hall–Kier alpha value is -0.820. The van der Waals surface area contributed by atoms with Crippen LogP contribution in [-0.2, 0) is 12.0 Å². The zero-order valence-electron chi connectivity index (χ0n) is 11.2. The van der Waals surface area contributed by atoms with Crippen molar-refractivity contribution in [3.8, 4) is 0 Å². The predicted molar refractivity (Wildman–Crippen MR) is 73.9 cm³/mol. The molecule has 1 saturated carbocycles. The highest BCUT2D eigenvalue weighted by Crippen LogP contribution is 2.39. The summed E-state index contributed by atoms with van der Waals surface area (Å²) in [5.41, 5.74) is 9.34. The molecule has 0 bridgehead atoms. The third-order valence-electron chi connectivity index (χ3n) is 4.39. The molecule has 1 heteroatoms. The number of hydrogen-bond donors (Lipinski definition) is 1. The molecule has 1 fully saturated rings. The molecule has 1 aliphatic carbocycles. The Labute approximate surface area is 105 Å². The van der Waals surface area contributed by atoms with Gasteiger partial charge in [0, 0.05) is 5.54 Å². The summed E-state index contributed by atoms with van der Waals surface area (Å²) in [6, 6.07) is 9.03. The monoisotopic (exact) mass is 231 g/mol.